The zero-order valence-electron chi connectivity index (χ0n) is 24.8. The Kier molecular flexibility index (Phi) is 7.75. The predicted octanol–water partition coefficient (Wildman–Crippen LogP) is 3.26. The minimum Gasteiger partial charge on any atom is -0.493 e. The number of aromatic nitrogens is 1. The number of esters is 1. The smallest absolute Gasteiger partial charge is 0.415 e. The average molecular weight is 616 g/mol. The predicted molar refractivity (Wildman–Crippen MR) is 162 cm³/mol. The molecule has 2 aliphatic heterocycles. The van der Waals surface area contributed by atoms with Crippen LogP contribution in [0.2, 0.25) is 0 Å². The van der Waals surface area contributed by atoms with Gasteiger partial charge >= 0.3 is 12.1 Å². The van der Waals surface area contributed by atoms with Crippen LogP contribution in [0.25, 0.3) is 32.4 Å². The minimum atomic E-state index is -0.748. The Morgan fingerprint density at radius 2 is 1.62 bits per heavy atom. The zero-order valence-corrected chi connectivity index (χ0v) is 24.8. The van der Waals surface area contributed by atoms with Crippen molar-refractivity contribution < 1.29 is 42.9 Å². The van der Waals surface area contributed by atoms with E-state index in [2.05, 4.69) is 0 Å². The molecule has 3 amide bonds. The lowest BCUT2D eigenvalue weighted by molar-refractivity contribution is -0.145. The normalized spacial score (nSPS) is 13.7. The highest BCUT2D eigenvalue weighted by molar-refractivity contribution is 6.16. The van der Waals surface area contributed by atoms with Crippen molar-refractivity contribution in [2.45, 2.75) is 12.8 Å². The molecule has 4 aromatic rings. The van der Waals surface area contributed by atoms with E-state index >= 15 is 0 Å². The van der Waals surface area contributed by atoms with E-state index in [0.717, 1.165) is 21.1 Å². The number of hydrogen-bond acceptors (Lipinski definition) is 10. The third-order valence-corrected chi connectivity index (χ3v) is 7.81. The summed E-state index contributed by atoms with van der Waals surface area (Å²) in [7, 11) is 4.60. The molecule has 3 aromatic carbocycles. The van der Waals surface area contributed by atoms with E-state index < -0.39 is 23.9 Å². The van der Waals surface area contributed by atoms with Crippen LogP contribution in [-0.4, -0.2) is 78.9 Å². The van der Waals surface area contributed by atoms with Gasteiger partial charge in [-0.05, 0) is 36.1 Å². The average Bonchev–Trinajstić information content (AvgIpc) is 3.62. The van der Waals surface area contributed by atoms with E-state index in [0.29, 0.717) is 27.8 Å². The number of benzene rings is 3. The summed E-state index contributed by atoms with van der Waals surface area (Å²) in [4.78, 5) is 64.0. The molecule has 2 aliphatic rings. The first-order valence-electron chi connectivity index (χ1n) is 14.1. The van der Waals surface area contributed by atoms with Crippen LogP contribution in [0, 0.1) is 0 Å². The summed E-state index contributed by atoms with van der Waals surface area (Å²) in [5, 5.41) is 3.46. The number of nitrogens with zero attached hydrogens (tertiary/aromatic N) is 3. The van der Waals surface area contributed by atoms with Gasteiger partial charge in [-0.25, -0.2) is 4.79 Å². The second-order valence-corrected chi connectivity index (χ2v) is 10.6. The SMILES string of the molecule is COc1cc2c(cc1OC(=O)N(C)CCOC(=O)CCCN1C(=O)C=CC1=O)c(=O)n(C)c1c3cc4c(cc3ccc21)OCO4. The fourth-order valence-electron chi connectivity index (χ4n) is 5.42. The number of methoxy groups -OCH3 is 1. The standard InChI is InChI=1S/C32H29N3O10/c1-33(11-12-42-29(38)5-4-10-35-27(36)8-9-28(35)37)32(40)45-26-16-22-21(15-23(26)41-3)19-7-6-18-13-24-25(44-17-43-24)14-20(18)30(19)34(2)31(22)39/h6-9,13-16H,4-5,10-12,17H2,1-3H3. The van der Waals surface area contributed by atoms with Gasteiger partial charge in [-0.3, -0.25) is 24.1 Å². The second-order valence-electron chi connectivity index (χ2n) is 10.6. The molecule has 0 N–H and O–H groups in total. The van der Waals surface area contributed by atoms with Gasteiger partial charge in [0.2, 0.25) is 6.79 Å². The number of likely N-dealkylation sites (N-methyl/N-ethyl adjacent to an activating group) is 1. The van der Waals surface area contributed by atoms with Gasteiger partial charge in [-0.15, -0.1) is 0 Å². The summed E-state index contributed by atoms with van der Waals surface area (Å²) >= 11 is 0. The fourth-order valence-corrected chi connectivity index (χ4v) is 5.42. The molecule has 3 heterocycles. The Balaban J connectivity index is 1.15. The first-order valence-corrected chi connectivity index (χ1v) is 14.1. The van der Waals surface area contributed by atoms with Crippen LogP contribution in [-0.2, 0) is 26.2 Å². The van der Waals surface area contributed by atoms with Crippen LogP contribution in [0.15, 0.2) is 53.3 Å². The highest BCUT2D eigenvalue weighted by atomic mass is 16.7. The number of aryl methyl sites for hydroxylation is 1. The van der Waals surface area contributed by atoms with Gasteiger partial charge in [-0.2, -0.15) is 0 Å². The Hall–Kier alpha value is -5.59. The highest BCUT2D eigenvalue weighted by Crippen LogP contribution is 2.41. The van der Waals surface area contributed by atoms with Crippen molar-refractivity contribution >= 4 is 56.3 Å². The van der Waals surface area contributed by atoms with Gasteiger partial charge in [-0.1, -0.05) is 12.1 Å². The maximum Gasteiger partial charge on any atom is 0.415 e. The van der Waals surface area contributed by atoms with Crippen LogP contribution < -0.4 is 24.5 Å². The molecular weight excluding hydrogens is 586 g/mol. The Bertz CT molecular complexity index is 1980. The highest BCUT2D eigenvalue weighted by Gasteiger charge is 2.24. The fraction of sp³-hybridized carbons (Fsp3) is 0.281. The van der Waals surface area contributed by atoms with E-state index in [-0.39, 0.29) is 56.4 Å². The maximum absolute atomic E-state index is 13.6. The van der Waals surface area contributed by atoms with E-state index in [1.54, 1.807) is 17.7 Å². The first kappa shape index (κ1) is 29.5. The zero-order chi connectivity index (χ0) is 31.8. The van der Waals surface area contributed by atoms with Crippen LogP contribution in [0.4, 0.5) is 4.79 Å². The lowest BCUT2D eigenvalue weighted by Crippen LogP contribution is -2.33. The Labute approximate surface area is 256 Å². The molecule has 0 radical (unpaired) electrons. The number of pyridine rings is 1. The van der Waals surface area contributed by atoms with Crippen LogP contribution in [0.1, 0.15) is 12.8 Å². The molecular formula is C32H29N3O10. The number of rotatable bonds is 9. The van der Waals surface area contributed by atoms with Crippen molar-refractivity contribution in [3.8, 4) is 23.0 Å². The van der Waals surface area contributed by atoms with Gasteiger partial charge in [0.25, 0.3) is 17.4 Å². The number of carbonyl (C=O) groups is 4. The van der Waals surface area contributed by atoms with Gasteiger partial charge < -0.3 is 33.2 Å². The van der Waals surface area contributed by atoms with Crippen molar-refractivity contribution in [2.75, 3.05) is 40.6 Å². The van der Waals surface area contributed by atoms with Crippen molar-refractivity contribution in [3.63, 3.8) is 0 Å². The third-order valence-electron chi connectivity index (χ3n) is 7.81. The summed E-state index contributed by atoms with van der Waals surface area (Å²) < 4.78 is 29.0. The molecule has 0 atom stereocenters. The molecule has 0 aliphatic carbocycles. The third kappa shape index (κ3) is 5.48. The molecule has 45 heavy (non-hydrogen) atoms. The molecule has 232 valence electrons. The van der Waals surface area contributed by atoms with Gasteiger partial charge in [0.1, 0.15) is 6.61 Å². The molecule has 13 heteroatoms. The topological polar surface area (TPSA) is 143 Å². The Morgan fingerprint density at radius 1 is 0.911 bits per heavy atom. The summed E-state index contributed by atoms with van der Waals surface area (Å²) in [5.74, 6) is 0.211. The molecule has 13 nitrogen and oxygen atoms in total. The molecule has 0 saturated heterocycles. The van der Waals surface area contributed by atoms with Gasteiger partial charge in [0.15, 0.2) is 23.0 Å². The summed E-state index contributed by atoms with van der Waals surface area (Å²) in [6.07, 6.45) is 1.88. The quantitative estimate of drug-likeness (QED) is 0.156. The van der Waals surface area contributed by atoms with E-state index in [9.17, 15) is 24.0 Å². The summed E-state index contributed by atoms with van der Waals surface area (Å²) in [6.45, 7) is 0.186. The van der Waals surface area contributed by atoms with Crippen LogP contribution in [0.3, 0.4) is 0 Å². The first-order chi connectivity index (χ1) is 21.7. The molecule has 0 saturated carbocycles. The maximum atomic E-state index is 13.6. The molecule has 1 aromatic heterocycles. The summed E-state index contributed by atoms with van der Waals surface area (Å²) in [5.41, 5.74) is 0.414. The van der Waals surface area contributed by atoms with E-state index in [1.165, 1.54) is 37.3 Å². The molecule has 0 unspecified atom stereocenters. The van der Waals surface area contributed by atoms with Gasteiger partial charge in [0, 0.05) is 55.4 Å². The van der Waals surface area contributed by atoms with Crippen molar-refractivity contribution in [1.29, 1.82) is 0 Å². The monoisotopic (exact) mass is 615 g/mol. The number of ether oxygens (including phenoxy) is 5. The number of fused-ring (bicyclic) bond motifs is 6. The van der Waals surface area contributed by atoms with E-state index in [1.807, 2.05) is 24.3 Å². The van der Waals surface area contributed by atoms with Gasteiger partial charge in [0.05, 0.1) is 24.6 Å². The molecule has 0 fully saturated rings. The number of hydrogen-bond donors (Lipinski definition) is 0. The van der Waals surface area contributed by atoms with Crippen molar-refractivity contribution in [3.05, 3.63) is 58.9 Å². The number of imide groups is 1. The second kappa shape index (κ2) is 11.8. The summed E-state index contributed by atoms with van der Waals surface area (Å²) in [6, 6.07) is 10.8. The van der Waals surface area contributed by atoms with Crippen molar-refractivity contribution in [1.82, 2.24) is 14.4 Å². The number of amides is 3. The Morgan fingerprint density at radius 3 is 2.36 bits per heavy atom. The number of carbonyl (C=O) groups excluding carboxylic acids is 4. The lowest BCUT2D eigenvalue weighted by Gasteiger charge is -2.19. The molecule has 6 rings (SSSR count). The molecule has 0 spiro atoms. The lowest BCUT2D eigenvalue weighted by atomic mass is 10.00. The van der Waals surface area contributed by atoms with E-state index in [4.69, 9.17) is 23.7 Å². The largest absolute Gasteiger partial charge is 0.493 e. The minimum absolute atomic E-state index is 0.00331. The van der Waals surface area contributed by atoms with Crippen LogP contribution in [0.5, 0.6) is 23.0 Å². The molecule has 0 bridgehead atoms. The van der Waals surface area contributed by atoms with Crippen LogP contribution >= 0.6 is 0 Å². The van der Waals surface area contributed by atoms with Crippen molar-refractivity contribution in [2.24, 2.45) is 7.05 Å².